The molecule has 2 N–H and O–H groups in total. The van der Waals surface area contributed by atoms with Gasteiger partial charge in [0.2, 0.25) is 11.8 Å². The van der Waals surface area contributed by atoms with Crippen molar-refractivity contribution in [2.45, 2.75) is 57.7 Å². The first kappa shape index (κ1) is 23.2. The third-order valence-corrected chi connectivity index (χ3v) is 7.12. The summed E-state index contributed by atoms with van der Waals surface area (Å²) in [5, 5.41) is 13.5. The van der Waals surface area contributed by atoms with E-state index in [2.05, 4.69) is 20.9 Å². The maximum atomic E-state index is 13.1. The lowest BCUT2D eigenvalue weighted by molar-refractivity contribution is -0.136. The number of carbonyl (C=O) groups is 4. The molecule has 5 rings (SSSR count). The van der Waals surface area contributed by atoms with Crippen LogP contribution >= 0.6 is 0 Å². The average Bonchev–Trinajstić information content (AvgIpc) is 3.45. The lowest BCUT2D eigenvalue weighted by Gasteiger charge is -2.37. The van der Waals surface area contributed by atoms with E-state index >= 15 is 0 Å². The number of piperidine rings is 1. The Balaban J connectivity index is 1.30. The van der Waals surface area contributed by atoms with Gasteiger partial charge in [-0.25, -0.2) is 4.68 Å². The molecule has 2 saturated heterocycles. The second-order valence-corrected chi connectivity index (χ2v) is 9.88. The molecule has 2 atom stereocenters. The molecule has 2 unspecified atom stereocenters. The Morgan fingerprint density at radius 3 is 2.80 bits per heavy atom. The first-order valence-corrected chi connectivity index (χ1v) is 11.8. The van der Waals surface area contributed by atoms with E-state index < -0.39 is 17.5 Å². The van der Waals surface area contributed by atoms with Gasteiger partial charge in [-0.2, -0.15) is 0 Å². The zero-order valence-electron chi connectivity index (χ0n) is 19.7. The minimum Gasteiger partial charge on any atom is -0.381 e. The van der Waals surface area contributed by atoms with Gasteiger partial charge in [-0.1, -0.05) is 11.3 Å². The van der Waals surface area contributed by atoms with Crippen molar-refractivity contribution < 1.29 is 23.9 Å². The number of nitrogens with one attached hydrogen (secondary N) is 2. The number of benzene rings is 1. The van der Waals surface area contributed by atoms with Crippen molar-refractivity contribution in [3.05, 3.63) is 41.2 Å². The summed E-state index contributed by atoms with van der Waals surface area (Å²) < 4.78 is 7.02. The second-order valence-electron chi connectivity index (χ2n) is 9.88. The van der Waals surface area contributed by atoms with Crippen LogP contribution < -0.4 is 10.6 Å². The van der Waals surface area contributed by atoms with Crippen molar-refractivity contribution in [3.63, 3.8) is 0 Å². The van der Waals surface area contributed by atoms with Crippen LogP contribution in [0.1, 0.15) is 65.9 Å². The highest BCUT2D eigenvalue weighted by molar-refractivity contribution is 6.05. The number of amides is 4. The van der Waals surface area contributed by atoms with Gasteiger partial charge in [-0.15, -0.1) is 5.10 Å². The molecule has 1 aromatic carbocycles. The van der Waals surface area contributed by atoms with Crippen LogP contribution in [-0.4, -0.2) is 68.3 Å². The van der Waals surface area contributed by atoms with E-state index in [9.17, 15) is 19.2 Å². The van der Waals surface area contributed by atoms with Gasteiger partial charge in [0, 0.05) is 36.6 Å². The van der Waals surface area contributed by atoms with Crippen LogP contribution in [0.5, 0.6) is 0 Å². The van der Waals surface area contributed by atoms with E-state index in [4.69, 9.17) is 4.74 Å². The standard InChI is InChI=1S/C24H28N6O5/c1-24(2,15-4-3-9-35-13-15)26-21(32)18-12-30(28-27-18)16-6-5-14-11-29(23(34)17(14)10-16)19-7-8-20(31)25-22(19)33/h5-6,10,12,15,19H,3-4,7-9,11,13H2,1-2H3,(H,26,32)(H,25,31,33). The fraction of sp³-hybridized carbons (Fsp3) is 0.500. The van der Waals surface area contributed by atoms with Crippen molar-refractivity contribution in [1.82, 2.24) is 30.5 Å². The molecule has 0 spiro atoms. The predicted octanol–water partition coefficient (Wildman–Crippen LogP) is 0.963. The van der Waals surface area contributed by atoms with Gasteiger partial charge in [0.15, 0.2) is 5.69 Å². The summed E-state index contributed by atoms with van der Waals surface area (Å²) in [5.74, 6) is -1.15. The Hall–Kier alpha value is -3.60. The molecule has 0 bridgehead atoms. The van der Waals surface area contributed by atoms with Crippen LogP contribution in [0.4, 0.5) is 0 Å². The van der Waals surface area contributed by atoms with Crippen molar-refractivity contribution in [1.29, 1.82) is 0 Å². The SMILES string of the molecule is CC(C)(NC(=O)c1cn(-c2ccc3c(c2)C(=O)N(C2CCC(=O)NC2=O)C3)nn1)C1CCCOC1. The second kappa shape index (κ2) is 8.88. The first-order valence-electron chi connectivity index (χ1n) is 11.8. The molecule has 4 amide bonds. The number of aromatic nitrogens is 3. The number of carbonyl (C=O) groups excluding carboxylic acids is 4. The maximum absolute atomic E-state index is 13.1. The molecule has 1 aromatic heterocycles. The van der Waals surface area contributed by atoms with Crippen LogP contribution in [0, 0.1) is 5.92 Å². The predicted molar refractivity (Wildman–Crippen MR) is 122 cm³/mol. The molecule has 35 heavy (non-hydrogen) atoms. The third-order valence-electron chi connectivity index (χ3n) is 7.12. The molecule has 11 nitrogen and oxygen atoms in total. The minimum absolute atomic E-state index is 0.173. The number of rotatable bonds is 5. The number of fused-ring (bicyclic) bond motifs is 1. The fourth-order valence-corrected chi connectivity index (χ4v) is 4.95. The van der Waals surface area contributed by atoms with Crippen LogP contribution in [0.2, 0.25) is 0 Å². The van der Waals surface area contributed by atoms with Gasteiger partial charge < -0.3 is 15.0 Å². The maximum Gasteiger partial charge on any atom is 0.273 e. The quantitative estimate of drug-likeness (QED) is 0.609. The van der Waals surface area contributed by atoms with Gasteiger partial charge in [-0.05, 0) is 50.8 Å². The highest BCUT2D eigenvalue weighted by atomic mass is 16.5. The van der Waals surface area contributed by atoms with Crippen LogP contribution in [0.15, 0.2) is 24.4 Å². The number of hydrogen-bond donors (Lipinski definition) is 2. The van der Waals surface area contributed by atoms with Crippen molar-refractivity contribution >= 4 is 23.6 Å². The highest BCUT2D eigenvalue weighted by Gasteiger charge is 2.39. The molecule has 11 heteroatoms. The third kappa shape index (κ3) is 4.43. The van der Waals surface area contributed by atoms with Crippen molar-refractivity contribution in [3.8, 4) is 5.69 Å². The largest absolute Gasteiger partial charge is 0.381 e. The summed E-state index contributed by atoms with van der Waals surface area (Å²) >= 11 is 0. The molecule has 3 aliphatic rings. The number of hydrogen-bond acceptors (Lipinski definition) is 7. The summed E-state index contributed by atoms with van der Waals surface area (Å²) in [6.07, 6.45) is 4.00. The highest BCUT2D eigenvalue weighted by Crippen LogP contribution is 2.29. The summed E-state index contributed by atoms with van der Waals surface area (Å²) in [7, 11) is 0. The van der Waals surface area contributed by atoms with Gasteiger partial charge in [0.25, 0.3) is 11.8 Å². The van der Waals surface area contributed by atoms with Gasteiger partial charge in [-0.3, -0.25) is 24.5 Å². The summed E-state index contributed by atoms with van der Waals surface area (Å²) in [6, 6.07) is 4.61. The van der Waals surface area contributed by atoms with Crippen LogP contribution in [0.3, 0.4) is 0 Å². The lowest BCUT2D eigenvalue weighted by Crippen LogP contribution is -2.52. The molecule has 2 fully saturated rings. The van der Waals surface area contributed by atoms with E-state index in [0.29, 0.717) is 30.8 Å². The monoisotopic (exact) mass is 480 g/mol. The topological polar surface area (TPSA) is 136 Å². The fourth-order valence-electron chi connectivity index (χ4n) is 4.95. The Kier molecular flexibility index (Phi) is 5.87. The zero-order chi connectivity index (χ0) is 24.7. The van der Waals surface area contributed by atoms with E-state index in [-0.39, 0.29) is 35.8 Å². The summed E-state index contributed by atoms with van der Waals surface area (Å²) in [6.45, 7) is 5.62. The molecule has 3 aliphatic heterocycles. The smallest absolute Gasteiger partial charge is 0.273 e. The number of nitrogens with zero attached hydrogens (tertiary/aromatic N) is 4. The average molecular weight is 481 g/mol. The van der Waals surface area contributed by atoms with Crippen LogP contribution in [0.25, 0.3) is 5.69 Å². The van der Waals surface area contributed by atoms with Gasteiger partial charge >= 0.3 is 0 Å². The molecular formula is C24H28N6O5. The zero-order valence-corrected chi connectivity index (χ0v) is 19.7. The molecule has 2 aromatic rings. The van der Waals surface area contributed by atoms with E-state index in [1.54, 1.807) is 12.1 Å². The molecule has 0 aliphatic carbocycles. The normalized spacial score (nSPS) is 22.7. The first-order chi connectivity index (χ1) is 16.7. The molecule has 184 valence electrons. The minimum atomic E-state index is -0.671. The molecule has 0 saturated carbocycles. The Bertz CT molecular complexity index is 1200. The molecule has 4 heterocycles. The van der Waals surface area contributed by atoms with E-state index in [0.717, 1.165) is 25.0 Å². The lowest BCUT2D eigenvalue weighted by atomic mass is 9.83. The van der Waals surface area contributed by atoms with Gasteiger partial charge in [0.1, 0.15) is 6.04 Å². The van der Waals surface area contributed by atoms with E-state index in [1.165, 1.54) is 15.8 Å². The number of ether oxygens (including phenoxy) is 1. The van der Waals surface area contributed by atoms with Crippen LogP contribution in [-0.2, 0) is 20.9 Å². The van der Waals surface area contributed by atoms with Gasteiger partial charge in [0.05, 0.1) is 18.5 Å². The Morgan fingerprint density at radius 1 is 1.23 bits per heavy atom. The Labute approximate surface area is 202 Å². The van der Waals surface area contributed by atoms with Crippen molar-refractivity contribution in [2.75, 3.05) is 13.2 Å². The van der Waals surface area contributed by atoms with E-state index in [1.807, 2.05) is 19.9 Å². The summed E-state index contributed by atoms with van der Waals surface area (Å²) in [5.41, 5.74) is 1.55. The Morgan fingerprint density at radius 2 is 2.06 bits per heavy atom. The number of imide groups is 1. The van der Waals surface area contributed by atoms with Crippen molar-refractivity contribution in [2.24, 2.45) is 5.92 Å². The molecular weight excluding hydrogens is 452 g/mol. The summed E-state index contributed by atoms with van der Waals surface area (Å²) in [4.78, 5) is 51.1. The molecule has 0 radical (unpaired) electrons.